The molecular weight excluding hydrogens is 164 g/mol. The minimum absolute atomic E-state index is 0.365. The first-order valence-electron chi connectivity index (χ1n) is 4.20. The monoisotopic (exact) mass is 174 g/mol. The molecule has 1 aliphatic rings. The summed E-state index contributed by atoms with van der Waals surface area (Å²) in [6.45, 7) is 2.06. The van der Waals surface area contributed by atoms with Crippen molar-refractivity contribution in [2.24, 2.45) is 0 Å². The number of hydrogen-bond donors (Lipinski definition) is 1. The van der Waals surface area contributed by atoms with Crippen LogP contribution in [0.1, 0.15) is 28.4 Å². The molecule has 66 valence electrons. The van der Waals surface area contributed by atoms with Gasteiger partial charge in [0, 0.05) is 0 Å². The first-order valence-corrected chi connectivity index (χ1v) is 4.20. The topological polar surface area (TPSA) is 37.3 Å². The van der Waals surface area contributed by atoms with E-state index in [1.165, 1.54) is 11.1 Å². The van der Waals surface area contributed by atoms with Crippen molar-refractivity contribution in [1.29, 1.82) is 0 Å². The Morgan fingerprint density at radius 1 is 1.46 bits per heavy atom. The molecule has 0 amide bonds. The zero-order chi connectivity index (χ0) is 9.42. The molecule has 0 unspecified atom stereocenters. The predicted molar refractivity (Wildman–Crippen MR) is 50.8 cm³/mol. The highest BCUT2D eigenvalue weighted by Gasteiger charge is 2.11. The molecule has 2 nitrogen and oxygen atoms in total. The fourth-order valence-electron chi connectivity index (χ4n) is 1.64. The van der Waals surface area contributed by atoms with Gasteiger partial charge in [0.15, 0.2) is 0 Å². The second-order valence-corrected chi connectivity index (χ2v) is 3.39. The van der Waals surface area contributed by atoms with Gasteiger partial charge < -0.3 is 5.11 Å². The summed E-state index contributed by atoms with van der Waals surface area (Å²) in [5.41, 5.74) is 3.93. The van der Waals surface area contributed by atoms with E-state index >= 15 is 0 Å². The van der Waals surface area contributed by atoms with Gasteiger partial charge >= 0.3 is 5.97 Å². The van der Waals surface area contributed by atoms with Crippen LogP contribution in [0.25, 0.3) is 6.08 Å². The van der Waals surface area contributed by atoms with E-state index in [0.717, 1.165) is 12.0 Å². The summed E-state index contributed by atoms with van der Waals surface area (Å²) < 4.78 is 0. The van der Waals surface area contributed by atoms with Gasteiger partial charge in [-0.3, -0.25) is 0 Å². The summed E-state index contributed by atoms with van der Waals surface area (Å²) in [5.74, 6) is -0.860. The van der Waals surface area contributed by atoms with Gasteiger partial charge in [-0.1, -0.05) is 17.7 Å². The predicted octanol–water partition coefficient (Wildman–Crippen LogP) is 2.34. The van der Waals surface area contributed by atoms with Crippen molar-refractivity contribution in [3.8, 4) is 0 Å². The molecule has 13 heavy (non-hydrogen) atoms. The van der Waals surface area contributed by atoms with Crippen LogP contribution in [0, 0.1) is 0 Å². The van der Waals surface area contributed by atoms with Crippen LogP contribution in [0.2, 0.25) is 0 Å². The van der Waals surface area contributed by atoms with Crippen LogP contribution in [0.15, 0.2) is 23.8 Å². The molecule has 0 aliphatic heterocycles. The van der Waals surface area contributed by atoms with E-state index in [1.807, 2.05) is 12.1 Å². The molecule has 1 aromatic carbocycles. The van der Waals surface area contributed by atoms with Gasteiger partial charge in [0.05, 0.1) is 5.56 Å². The Kier molecular flexibility index (Phi) is 1.69. The zero-order valence-corrected chi connectivity index (χ0v) is 7.37. The number of fused-ring (bicyclic) bond motifs is 1. The van der Waals surface area contributed by atoms with Crippen molar-refractivity contribution in [2.45, 2.75) is 13.3 Å². The third kappa shape index (κ3) is 1.35. The van der Waals surface area contributed by atoms with E-state index < -0.39 is 5.97 Å². The number of carbonyl (C=O) groups is 1. The van der Waals surface area contributed by atoms with E-state index in [1.54, 1.807) is 12.1 Å². The van der Waals surface area contributed by atoms with Gasteiger partial charge in [-0.2, -0.15) is 0 Å². The maximum absolute atomic E-state index is 10.7. The van der Waals surface area contributed by atoms with Crippen LogP contribution in [-0.2, 0) is 6.42 Å². The highest BCUT2D eigenvalue weighted by atomic mass is 16.4. The zero-order valence-electron chi connectivity index (χ0n) is 7.37. The molecule has 0 saturated heterocycles. The number of hydrogen-bond acceptors (Lipinski definition) is 1. The van der Waals surface area contributed by atoms with Gasteiger partial charge in [-0.15, -0.1) is 0 Å². The van der Waals surface area contributed by atoms with Crippen LogP contribution < -0.4 is 0 Å². The normalized spacial score (nSPS) is 13.8. The minimum atomic E-state index is -0.860. The van der Waals surface area contributed by atoms with E-state index in [0.29, 0.717) is 5.56 Å². The quantitative estimate of drug-likeness (QED) is 0.709. The molecule has 0 heterocycles. The maximum atomic E-state index is 10.7. The lowest BCUT2D eigenvalue weighted by molar-refractivity contribution is 0.0697. The Balaban J connectivity index is 2.49. The highest BCUT2D eigenvalue weighted by Crippen LogP contribution is 2.25. The first kappa shape index (κ1) is 8.05. The Bertz CT molecular complexity index is 403. The number of carboxylic acids is 1. The number of allylic oxidation sites excluding steroid dienone is 1. The standard InChI is InChI=1S/C11H10O2/c1-7-4-8-2-3-9(11(12)13)6-10(8)5-7/h2-3,5-6H,4H2,1H3,(H,12,13). The fourth-order valence-corrected chi connectivity index (χ4v) is 1.64. The van der Waals surface area contributed by atoms with Crippen molar-refractivity contribution < 1.29 is 9.90 Å². The van der Waals surface area contributed by atoms with Crippen molar-refractivity contribution in [3.05, 3.63) is 40.5 Å². The molecule has 0 radical (unpaired) electrons. The molecule has 1 N–H and O–H groups in total. The summed E-state index contributed by atoms with van der Waals surface area (Å²) in [6, 6.07) is 5.29. The van der Waals surface area contributed by atoms with Gasteiger partial charge in [-0.05, 0) is 36.6 Å². The van der Waals surface area contributed by atoms with Gasteiger partial charge in [0.2, 0.25) is 0 Å². The minimum Gasteiger partial charge on any atom is -0.478 e. The molecule has 0 bridgehead atoms. The summed E-state index contributed by atoms with van der Waals surface area (Å²) in [4.78, 5) is 10.7. The van der Waals surface area contributed by atoms with E-state index in [-0.39, 0.29) is 0 Å². The lowest BCUT2D eigenvalue weighted by atomic mass is 10.1. The Labute approximate surface area is 76.5 Å². The van der Waals surface area contributed by atoms with E-state index in [4.69, 9.17) is 5.11 Å². The lowest BCUT2D eigenvalue weighted by Crippen LogP contribution is -1.96. The van der Waals surface area contributed by atoms with Crippen molar-refractivity contribution in [3.63, 3.8) is 0 Å². The van der Waals surface area contributed by atoms with Crippen LogP contribution in [0.5, 0.6) is 0 Å². The molecule has 2 heteroatoms. The first-order chi connectivity index (χ1) is 6.16. The molecule has 1 aromatic rings. The molecule has 1 aliphatic carbocycles. The highest BCUT2D eigenvalue weighted by molar-refractivity contribution is 5.89. The van der Waals surface area contributed by atoms with Crippen LogP contribution in [0.4, 0.5) is 0 Å². The van der Waals surface area contributed by atoms with Crippen LogP contribution in [0.3, 0.4) is 0 Å². The largest absolute Gasteiger partial charge is 0.478 e. The molecule has 2 rings (SSSR count). The third-order valence-corrected chi connectivity index (χ3v) is 2.26. The number of rotatable bonds is 1. The van der Waals surface area contributed by atoms with E-state index in [2.05, 4.69) is 6.92 Å². The maximum Gasteiger partial charge on any atom is 0.335 e. The molecule has 0 atom stereocenters. The Morgan fingerprint density at radius 3 is 2.92 bits per heavy atom. The van der Waals surface area contributed by atoms with Gasteiger partial charge in [0.25, 0.3) is 0 Å². The Hall–Kier alpha value is -1.57. The number of carboxylic acid groups (broad SMARTS) is 1. The summed E-state index contributed by atoms with van der Waals surface area (Å²) in [5, 5.41) is 8.76. The summed E-state index contributed by atoms with van der Waals surface area (Å²) >= 11 is 0. The summed E-state index contributed by atoms with van der Waals surface area (Å²) in [7, 11) is 0. The average Bonchev–Trinajstić information content (AvgIpc) is 2.42. The average molecular weight is 174 g/mol. The number of benzene rings is 1. The van der Waals surface area contributed by atoms with E-state index in [9.17, 15) is 4.79 Å². The third-order valence-electron chi connectivity index (χ3n) is 2.26. The van der Waals surface area contributed by atoms with Gasteiger partial charge in [-0.25, -0.2) is 4.79 Å². The molecule has 0 fully saturated rings. The second kappa shape index (κ2) is 2.73. The lowest BCUT2D eigenvalue weighted by Gasteiger charge is -1.99. The second-order valence-electron chi connectivity index (χ2n) is 3.39. The molecule has 0 spiro atoms. The smallest absolute Gasteiger partial charge is 0.335 e. The summed E-state index contributed by atoms with van der Waals surface area (Å²) in [6.07, 6.45) is 3.00. The van der Waals surface area contributed by atoms with Gasteiger partial charge in [0.1, 0.15) is 0 Å². The van der Waals surface area contributed by atoms with Crippen molar-refractivity contribution in [1.82, 2.24) is 0 Å². The van der Waals surface area contributed by atoms with Crippen molar-refractivity contribution >= 4 is 12.0 Å². The Morgan fingerprint density at radius 2 is 2.23 bits per heavy atom. The molecule has 0 saturated carbocycles. The SMILES string of the molecule is CC1=Cc2cc(C(=O)O)ccc2C1. The van der Waals surface area contributed by atoms with Crippen LogP contribution in [-0.4, -0.2) is 11.1 Å². The molecule has 0 aromatic heterocycles. The fraction of sp³-hybridized carbons (Fsp3) is 0.182. The van der Waals surface area contributed by atoms with Crippen LogP contribution >= 0.6 is 0 Å². The number of aromatic carboxylic acids is 1. The van der Waals surface area contributed by atoms with Crippen molar-refractivity contribution in [2.75, 3.05) is 0 Å². The molecular formula is C11H10O2.